The number of hydrogen-bond donors (Lipinski definition) is 1. The number of carbonyl (C=O) groups excluding carboxylic acids is 2. The van der Waals surface area contributed by atoms with Gasteiger partial charge in [-0.3, -0.25) is 9.59 Å². The van der Waals surface area contributed by atoms with Crippen LogP contribution in [0, 0.1) is 5.82 Å². The Morgan fingerprint density at radius 1 is 1.16 bits per heavy atom. The molecule has 102 valence electrons. The van der Waals surface area contributed by atoms with Gasteiger partial charge in [0.25, 0.3) is 0 Å². The summed E-state index contributed by atoms with van der Waals surface area (Å²) >= 11 is 0. The van der Waals surface area contributed by atoms with Crippen LogP contribution in [0.1, 0.15) is 11.1 Å². The van der Waals surface area contributed by atoms with E-state index in [1.807, 2.05) is 0 Å². The molecule has 6 heteroatoms. The van der Waals surface area contributed by atoms with Crippen molar-refractivity contribution in [3.63, 3.8) is 0 Å². The van der Waals surface area contributed by atoms with E-state index < -0.39 is 11.8 Å². The summed E-state index contributed by atoms with van der Waals surface area (Å²) in [4.78, 5) is 26.2. The normalized spacial score (nSPS) is 16.2. The maximum absolute atomic E-state index is 13.4. The van der Waals surface area contributed by atoms with Crippen LogP contribution in [0.5, 0.6) is 0 Å². The Morgan fingerprint density at radius 2 is 1.84 bits per heavy atom. The number of carbonyl (C=O) groups is 2. The van der Waals surface area contributed by atoms with E-state index in [-0.39, 0.29) is 18.9 Å². The number of nitrogens with two attached hydrogens (primary N) is 1. The number of hydrogen-bond acceptors (Lipinski definition) is 3. The monoisotopic (exact) mass is 265 g/mol. The summed E-state index contributed by atoms with van der Waals surface area (Å²) in [6.45, 7) is 1.41. The van der Waals surface area contributed by atoms with Crippen molar-refractivity contribution in [2.45, 2.75) is 13.1 Å². The van der Waals surface area contributed by atoms with E-state index in [1.165, 1.54) is 21.9 Å². The molecule has 2 amide bonds. The Bertz CT molecular complexity index is 519. The third kappa shape index (κ3) is 2.90. The first kappa shape index (κ1) is 13.5. The minimum Gasteiger partial charge on any atom is -0.336 e. The number of benzene rings is 1. The fourth-order valence-electron chi connectivity index (χ4n) is 2.07. The second kappa shape index (κ2) is 5.36. The first-order valence-corrected chi connectivity index (χ1v) is 6.04. The van der Waals surface area contributed by atoms with Crippen molar-refractivity contribution in [2.24, 2.45) is 5.73 Å². The van der Waals surface area contributed by atoms with Crippen LogP contribution in [0.3, 0.4) is 0 Å². The van der Waals surface area contributed by atoms with Gasteiger partial charge in [-0.1, -0.05) is 6.07 Å². The zero-order valence-electron chi connectivity index (χ0n) is 10.7. The molecule has 0 spiro atoms. The lowest BCUT2D eigenvalue weighted by Gasteiger charge is -2.31. The number of halogens is 1. The van der Waals surface area contributed by atoms with Crippen molar-refractivity contribution >= 4 is 11.8 Å². The van der Waals surface area contributed by atoms with Crippen LogP contribution in [-0.2, 0) is 22.7 Å². The summed E-state index contributed by atoms with van der Waals surface area (Å²) < 4.78 is 13.4. The topological polar surface area (TPSA) is 66.6 Å². The van der Waals surface area contributed by atoms with E-state index in [0.29, 0.717) is 24.2 Å². The van der Waals surface area contributed by atoms with Crippen molar-refractivity contribution in [3.8, 4) is 0 Å². The smallest absolute Gasteiger partial charge is 0.312 e. The predicted molar refractivity (Wildman–Crippen MR) is 67.3 cm³/mol. The molecule has 1 aromatic rings. The molecule has 0 unspecified atom stereocenters. The fourth-order valence-corrected chi connectivity index (χ4v) is 2.07. The Morgan fingerprint density at radius 3 is 2.53 bits per heavy atom. The van der Waals surface area contributed by atoms with Gasteiger partial charge in [0.1, 0.15) is 5.82 Å². The summed E-state index contributed by atoms with van der Waals surface area (Å²) in [6.07, 6.45) is 0. The first-order chi connectivity index (χ1) is 9.01. The summed E-state index contributed by atoms with van der Waals surface area (Å²) in [5.74, 6) is -1.46. The molecule has 1 aliphatic rings. The molecule has 19 heavy (non-hydrogen) atoms. The van der Waals surface area contributed by atoms with Crippen LogP contribution in [0.4, 0.5) is 4.39 Å². The Labute approximate surface area is 110 Å². The molecule has 0 bridgehead atoms. The molecular weight excluding hydrogens is 249 g/mol. The van der Waals surface area contributed by atoms with Crippen LogP contribution >= 0.6 is 0 Å². The zero-order chi connectivity index (χ0) is 14.0. The molecule has 1 saturated heterocycles. The van der Waals surface area contributed by atoms with Gasteiger partial charge in [-0.05, 0) is 23.3 Å². The SMILES string of the molecule is CN1CCN(Cc2cc(F)cc(CN)c2)C(=O)C1=O. The lowest BCUT2D eigenvalue weighted by molar-refractivity contribution is -0.155. The molecule has 2 rings (SSSR count). The molecule has 2 N–H and O–H groups in total. The van der Waals surface area contributed by atoms with Gasteiger partial charge in [0, 0.05) is 33.2 Å². The summed E-state index contributed by atoms with van der Waals surface area (Å²) in [5.41, 5.74) is 6.79. The van der Waals surface area contributed by atoms with Crippen molar-refractivity contribution in [1.29, 1.82) is 0 Å². The van der Waals surface area contributed by atoms with Gasteiger partial charge < -0.3 is 15.5 Å². The lowest BCUT2D eigenvalue weighted by atomic mass is 10.1. The van der Waals surface area contributed by atoms with Crippen molar-refractivity contribution in [3.05, 3.63) is 35.1 Å². The van der Waals surface area contributed by atoms with Crippen LogP contribution in [0.25, 0.3) is 0 Å². The van der Waals surface area contributed by atoms with Gasteiger partial charge in [0.15, 0.2) is 0 Å². The number of rotatable bonds is 3. The van der Waals surface area contributed by atoms with Crippen molar-refractivity contribution in [1.82, 2.24) is 9.80 Å². The van der Waals surface area contributed by atoms with E-state index >= 15 is 0 Å². The highest BCUT2D eigenvalue weighted by Crippen LogP contribution is 2.13. The Kier molecular flexibility index (Phi) is 3.80. The predicted octanol–water partition coefficient (Wildman–Crippen LogP) is 0.0850. The second-order valence-electron chi connectivity index (χ2n) is 4.63. The fraction of sp³-hybridized carbons (Fsp3) is 0.385. The zero-order valence-corrected chi connectivity index (χ0v) is 10.7. The van der Waals surface area contributed by atoms with Gasteiger partial charge in [-0.15, -0.1) is 0 Å². The van der Waals surface area contributed by atoms with Crippen molar-refractivity contribution in [2.75, 3.05) is 20.1 Å². The first-order valence-electron chi connectivity index (χ1n) is 6.04. The van der Waals surface area contributed by atoms with Gasteiger partial charge in [-0.2, -0.15) is 0 Å². The molecule has 0 atom stereocenters. The maximum Gasteiger partial charge on any atom is 0.312 e. The van der Waals surface area contributed by atoms with Gasteiger partial charge in [0.05, 0.1) is 0 Å². The van der Waals surface area contributed by atoms with Gasteiger partial charge >= 0.3 is 11.8 Å². The average Bonchev–Trinajstić information content (AvgIpc) is 2.39. The highest BCUT2D eigenvalue weighted by Gasteiger charge is 2.30. The van der Waals surface area contributed by atoms with Crippen LogP contribution in [-0.4, -0.2) is 41.8 Å². The number of piperazine rings is 1. The number of nitrogens with zero attached hydrogens (tertiary/aromatic N) is 2. The van der Waals surface area contributed by atoms with Gasteiger partial charge in [-0.25, -0.2) is 4.39 Å². The van der Waals surface area contributed by atoms with Crippen LogP contribution in [0.15, 0.2) is 18.2 Å². The molecule has 5 nitrogen and oxygen atoms in total. The van der Waals surface area contributed by atoms with E-state index in [9.17, 15) is 14.0 Å². The Balaban J connectivity index is 2.15. The molecule has 1 aliphatic heterocycles. The third-order valence-electron chi connectivity index (χ3n) is 3.15. The molecule has 1 aromatic carbocycles. The van der Waals surface area contributed by atoms with E-state index in [0.717, 1.165) is 0 Å². The van der Waals surface area contributed by atoms with Crippen LogP contribution < -0.4 is 5.73 Å². The number of likely N-dealkylation sites (N-methyl/N-ethyl adjacent to an activating group) is 1. The van der Waals surface area contributed by atoms with E-state index in [1.54, 1.807) is 13.1 Å². The minimum absolute atomic E-state index is 0.225. The lowest BCUT2D eigenvalue weighted by Crippen LogP contribution is -2.52. The molecule has 0 saturated carbocycles. The number of amides is 2. The van der Waals surface area contributed by atoms with E-state index in [4.69, 9.17) is 5.73 Å². The summed E-state index contributed by atoms with van der Waals surface area (Å²) in [7, 11) is 1.59. The molecule has 0 radical (unpaired) electrons. The molecule has 1 heterocycles. The van der Waals surface area contributed by atoms with Crippen LogP contribution in [0.2, 0.25) is 0 Å². The average molecular weight is 265 g/mol. The summed E-state index contributed by atoms with van der Waals surface area (Å²) in [6, 6.07) is 4.47. The molecular formula is C13H16FN3O2. The highest BCUT2D eigenvalue weighted by atomic mass is 19.1. The Hall–Kier alpha value is -1.95. The standard InChI is InChI=1S/C13H16FN3O2/c1-16-2-3-17(13(19)12(16)18)8-10-4-9(7-15)5-11(14)6-10/h4-6H,2-3,7-8,15H2,1H3. The largest absolute Gasteiger partial charge is 0.336 e. The minimum atomic E-state index is -0.549. The van der Waals surface area contributed by atoms with E-state index in [2.05, 4.69) is 0 Å². The maximum atomic E-state index is 13.4. The quantitative estimate of drug-likeness (QED) is 0.787. The second-order valence-corrected chi connectivity index (χ2v) is 4.63. The molecule has 0 aromatic heterocycles. The third-order valence-corrected chi connectivity index (χ3v) is 3.15. The van der Waals surface area contributed by atoms with Crippen molar-refractivity contribution < 1.29 is 14.0 Å². The highest BCUT2D eigenvalue weighted by molar-refractivity contribution is 6.35. The summed E-state index contributed by atoms with van der Waals surface area (Å²) in [5, 5.41) is 0. The molecule has 1 fully saturated rings. The molecule has 0 aliphatic carbocycles. The van der Waals surface area contributed by atoms with Gasteiger partial charge in [0.2, 0.25) is 0 Å².